The van der Waals surface area contributed by atoms with Crippen molar-refractivity contribution in [2.45, 2.75) is 38.8 Å². The Hall–Kier alpha value is -0.750. The maximum absolute atomic E-state index is 12.0. The highest BCUT2D eigenvalue weighted by Crippen LogP contribution is 2.22. The standard InChI is InChI=1S/C11H21N3O2S/c1-3-4-10(15)14-7-17-6-9(14)11(16)13-8(2)5-12/h8-9H,3-7,12H2,1-2H3,(H,13,16)/t8-,9?/m0/s1. The van der Waals surface area contributed by atoms with E-state index in [9.17, 15) is 9.59 Å². The summed E-state index contributed by atoms with van der Waals surface area (Å²) in [5.74, 6) is 1.28. The Morgan fingerprint density at radius 3 is 2.88 bits per heavy atom. The van der Waals surface area contributed by atoms with Crippen LogP contribution >= 0.6 is 11.8 Å². The van der Waals surface area contributed by atoms with E-state index in [4.69, 9.17) is 5.73 Å². The Bertz CT molecular complexity index is 286. The maximum Gasteiger partial charge on any atom is 0.243 e. The molecule has 1 aliphatic heterocycles. The van der Waals surface area contributed by atoms with Crippen LogP contribution in [0.3, 0.4) is 0 Å². The van der Waals surface area contributed by atoms with Crippen molar-refractivity contribution >= 4 is 23.6 Å². The average molecular weight is 259 g/mol. The zero-order chi connectivity index (χ0) is 12.8. The monoisotopic (exact) mass is 259 g/mol. The van der Waals surface area contributed by atoms with E-state index in [0.717, 1.165) is 6.42 Å². The van der Waals surface area contributed by atoms with Crippen LogP contribution in [0, 0.1) is 0 Å². The molecule has 1 heterocycles. The molecule has 2 atom stereocenters. The third-order valence-corrected chi connectivity index (χ3v) is 3.72. The molecule has 2 amide bonds. The Morgan fingerprint density at radius 1 is 1.59 bits per heavy atom. The van der Waals surface area contributed by atoms with Crippen LogP contribution in [0.4, 0.5) is 0 Å². The third kappa shape index (κ3) is 3.89. The molecule has 0 saturated carbocycles. The fraction of sp³-hybridized carbons (Fsp3) is 0.818. The number of thioether (sulfide) groups is 1. The molecule has 5 nitrogen and oxygen atoms in total. The molecule has 1 aliphatic rings. The van der Waals surface area contributed by atoms with Gasteiger partial charge in [0, 0.05) is 24.8 Å². The minimum absolute atomic E-state index is 0.0452. The predicted molar refractivity (Wildman–Crippen MR) is 69.5 cm³/mol. The van der Waals surface area contributed by atoms with Crippen molar-refractivity contribution in [3.63, 3.8) is 0 Å². The van der Waals surface area contributed by atoms with E-state index in [1.165, 1.54) is 0 Å². The van der Waals surface area contributed by atoms with Crippen LogP contribution < -0.4 is 11.1 Å². The Labute approximate surface area is 106 Å². The van der Waals surface area contributed by atoms with E-state index in [2.05, 4.69) is 5.32 Å². The zero-order valence-electron chi connectivity index (χ0n) is 10.4. The first-order valence-corrected chi connectivity index (χ1v) is 7.13. The van der Waals surface area contributed by atoms with Gasteiger partial charge in [0.1, 0.15) is 6.04 Å². The Balaban J connectivity index is 2.56. The molecule has 0 bridgehead atoms. The number of nitrogens with zero attached hydrogens (tertiary/aromatic N) is 1. The van der Waals surface area contributed by atoms with Gasteiger partial charge in [-0.05, 0) is 13.3 Å². The SMILES string of the molecule is CCCC(=O)N1CSCC1C(=O)N[C@@H](C)CN. The molecule has 0 aromatic rings. The summed E-state index contributed by atoms with van der Waals surface area (Å²) in [5, 5.41) is 2.83. The average Bonchev–Trinajstić information content (AvgIpc) is 2.78. The third-order valence-electron chi connectivity index (χ3n) is 2.71. The van der Waals surface area contributed by atoms with Gasteiger partial charge in [-0.1, -0.05) is 6.92 Å². The van der Waals surface area contributed by atoms with Crippen molar-refractivity contribution in [1.29, 1.82) is 0 Å². The summed E-state index contributed by atoms with van der Waals surface area (Å²) in [6, 6.07) is -0.371. The largest absolute Gasteiger partial charge is 0.351 e. The van der Waals surface area contributed by atoms with E-state index in [1.54, 1.807) is 16.7 Å². The Morgan fingerprint density at radius 2 is 2.29 bits per heavy atom. The molecular weight excluding hydrogens is 238 g/mol. The molecular formula is C11H21N3O2S. The molecule has 3 N–H and O–H groups in total. The van der Waals surface area contributed by atoms with E-state index < -0.39 is 0 Å². The number of rotatable bonds is 5. The minimum Gasteiger partial charge on any atom is -0.351 e. The molecule has 1 rings (SSSR count). The molecule has 1 unspecified atom stereocenters. The number of nitrogens with one attached hydrogen (secondary N) is 1. The first-order chi connectivity index (χ1) is 8.10. The molecule has 98 valence electrons. The second kappa shape index (κ2) is 6.86. The van der Waals surface area contributed by atoms with Crippen LogP contribution in [0.5, 0.6) is 0 Å². The number of carbonyl (C=O) groups is 2. The van der Waals surface area contributed by atoms with E-state index in [-0.39, 0.29) is 23.9 Å². The van der Waals surface area contributed by atoms with E-state index in [1.807, 2.05) is 13.8 Å². The Kier molecular flexibility index (Phi) is 5.77. The van der Waals surface area contributed by atoms with E-state index in [0.29, 0.717) is 24.6 Å². The van der Waals surface area contributed by atoms with Gasteiger partial charge in [0.15, 0.2) is 0 Å². The maximum atomic E-state index is 12.0. The van der Waals surface area contributed by atoms with Crippen molar-refractivity contribution in [2.24, 2.45) is 5.73 Å². The number of hydrogen-bond acceptors (Lipinski definition) is 4. The molecule has 0 aromatic heterocycles. The molecule has 0 spiro atoms. The summed E-state index contributed by atoms with van der Waals surface area (Å²) < 4.78 is 0. The first-order valence-electron chi connectivity index (χ1n) is 5.97. The van der Waals surface area contributed by atoms with Crippen LogP contribution in [0.15, 0.2) is 0 Å². The number of hydrogen-bond donors (Lipinski definition) is 2. The van der Waals surface area contributed by atoms with E-state index >= 15 is 0 Å². The van der Waals surface area contributed by atoms with Crippen LogP contribution in [-0.2, 0) is 9.59 Å². The zero-order valence-corrected chi connectivity index (χ0v) is 11.3. The van der Waals surface area contributed by atoms with Gasteiger partial charge in [-0.3, -0.25) is 9.59 Å². The van der Waals surface area contributed by atoms with Gasteiger partial charge in [0.25, 0.3) is 0 Å². The summed E-state index contributed by atoms with van der Waals surface area (Å²) in [7, 11) is 0. The van der Waals surface area contributed by atoms with Gasteiger partial charge in [0.05, 0.1) is 5.88 Å². The van der Waals surface area contributed by atoms with Gasteiger partial charge in [-0.25, -0.2) is 0 Å². The second-order valence-corrected chi connectivity index (χ2v) is 5.27. The molecule has 1 fully saturated rings. The van der Waals surface area contributed by atoms with Crippen molar-refractivity contribution in [2.75, 3.05) is 18.2 Å². The van der Waals surface area contributed by atoms with Gasteiger partial charge in [0.2, 0.25) is 11.8 Å². The fourth-order valence-electron chi connectivity index (χ4n) is 1.66. The topological polar surface area (TPSA) is 75.4 Å². The first kappa shape index (κ1) is 14.3. The van der Waals surface area contributed by atoms with Crippen LogP contribution in [0.1, 0.15) is 26.7 Å². The van der Waals surface area contributed by atoms with Gasteiger partial charge < -0.3 is 16.0 Å². The summed E-state index contributed by atoms with van der Waals surface area (Å²) in [6.45, 7) is 4.24. The fourth-order valence-corrected chi connectivity index (χ4v) is 2.84. The summed E-state index contributed by atoms with van der Waals surface area (Å²) in [5.41, 5.74) is 5.46. The molecule has 1 saturated heterocycles. The van der Waals surface area contributed by atoms with Crippen molar-refractivity contribution < 1.29 is 9.59 Å². The smallest absolute Gasteiger partial charge is 0.243 e. The van der Waals surface area contributed by atoms with Crippen LogP contribution in [0.2, 0.25) is 0 Å². The lowest BCUT2D eigenvalue weighted by atomic mass is 10.2. The van der Waals surface area contributed by atoms with Crippen LogP contribution in [0.25, 0.3) is 0 Å². The molecule has 0 aromatic carbocycles. The lowest BCUT2D eigenvalue weighted by molar-refractivity contribution is -0.138. The van der Waals surface area contributed by atoms with Crippen molar-refractivity contribution in [3.05, 3.63) is 0 Å². The lowest BCUT2D eigenvalue weighted by Crippen LogP contribution is -2.50. The predicted octanol–water partition coefficient (Wildman–Crippen LogP) is 0.151. The minimum atomic E-state index is -0.326. The highest BCUT2D eigenvalue weighted by molar-refractivity contribution is 7.99. The summed E-state index contributed by atoms with van der Waals surface area (Å²) in [6.07, 6.45) is 1.32. The molecule has 17 heavy (non-hydrogen) atoms. The molecule has 0 aliphatic carbocycles. The number of amides is 2. The van der Waals surface area contributed by atoms with Crippen molar-refractivity contribution in [1.82, 2.24) is 10.2 Å². The van der Waals surface area contributed by atoms with Crippen LogP contribution in [-0.4, -0.2) is 47.0 Å². The van der Waals surface area contributed by atoms with Gasteiger partial charge >= 0.3 is 0 Å². The molecule has 0 radical (unpaired) electrons. The highest BCUT2D eigenvalue weighted by atomic mass is 32.2. The lowest BCUT2D eigenvalue weighted by Gasteiger charge is -2.24. The summed E-state index contributed by atoms with van der Waals surface area (Å²) in [4.78, 5) is 25.5. The highest BCUT2D eigenvalue weighted by Gasteiger charge is 2.34. The van der Waals surface area contributed by atoms with Crippen molar-refractivity contribution in [3.8, 4) is 0 Å². The normalized spacial score (nSPS) is 21.4. The van der Waals surface area contributed by atoms with Gasteiger partial charge in [-0.2, -0.15) is 0 Å². The number of carbonyl (C=O) groups excluding carboxylic acids is 2. The number of nitrogens with two attached hydrogens (primary N) is 1. The van der Waals surface area contributed by atoms with Gasteiger partial charge in [-0.15, -0.1) is 11.8 Å². The summed E-state index contributed by atoms with van der Waals surface area (Å²) >= 11 is 1.62. The molecule has 6 heteroatoms. The second-order valence-electron chi connectivity index (χ2n) is 4.27. The quantitative estimate of drug-likeness (QED) is 0.737.